The molecule has 0 aliphatic carbocycles. The Balaban J connectivity index is 1.79. The summed E-state index contributed by atoms with van der Waals surface area (Å²) >= 11 is 1.65. The summed E-state index contributed by atoms with van der Waals surface area (Å²) in [5, 5.41) is 9.77. The molecule has 2 N–H and O–H groups in total. The molecule has 1 fully saturated rings. The van der Waals surface area contributed by atoms with Crippen molar-refractivity contribution >= 4 is 23.1 Å². The van der Waals surface area contributed by atoms with E-state index in [0.29, 0.717) is 25.1 Å². The number of nitrogens with two attached hydrogens (primary N) is 1. The smallest absolute Gasteiger partial charge is 0.225 e. The van der Waals surface area contributed by atoms with Crippen molar-refractivity contribution in [2.45, 2.75) is 45.8 Å². The number of anilines is 1. The van der Waals surface area contributed by atoms with E-state index >= 15 is 0 Å². The number of nitriles is 1. The topological polar surface area (TPSA) is 92.2 Å². The minimum atomic E-state index is -0.0602. The standard InChI is InChI=1S/C21H24N4O2S/c1-12(2)21(26)25-8-7-15-14(11-25)19(13(10-22)20(23)24-15)18-6-5-17(28-18)16-4-3-9-27-16/h5-6,12,16H,3-4,7-9,11H2,1-2H3,(H2,23,24). The van der Waals surface area contributed by atoms with Crippen LogP contribution >= 0.6 is 11.3 Å². The number of carbonyl (C=O) groups excluding carboxylic acids is 1. The van der Waals surface area contributed by atoms with Crippen molar-refractivity contribution in [1.82, 2.24) is 9.88 Å². The van der Waals surface area contributed by atoms with E-state index in [1.54, 1.807) is 11.3 Å². The average molecular weight is 397 g/mol. The van der Waals surface area contributed by atoms with Crippen LogP contribution in [-0.2, 0) is 22.5 Å². The fourth-order valence-corrected chi connectivity index (χ4v) is 5.15. The highest BCUT2D eigenvalue weighted by Crippen LogP contribution is 2.42. The second kappa shape index (κ2) is 7.53. The molecule has 1 saturated heterocycles. The van der Waals surface area contributed by atoms with E-state index in [1.807, 2.05) is 24.8 Å². The predicted octanol–water partition coefficient (Wildman–Crippen LogP) is 3.66. The number of fused-ring (bicyclic) bond motifs is 1. The molecule has 2 aliphatic rings. The molecule has 2 aliphatic heterocycles. The molecule has 2 aromatic heterocycles. The third kappa shape index (κ3) is 3.27. The van der Waals surface area contributed by atoms with Crippen molar-refractivity contribution < 1.29 is 9.53 Å². The fraction of sp³-hybridized carbons (Fsp3) is 0.476. The van der Waals surface area contributed by atoms with E-state index in [1.165, 1.54) is 4.88 Å². The van der Waals surface area contributed by atoms with E-state index in [9.17, 15) is 10.1 Å². The quantitative estimate of drug-likeness (QED) is 0.855. The SMILES string of the molecule is CC(C)C(=O)N1CCc2nc(N)c(C#N)c(-c3ccc(C4CCCO4)s3)c2C1. The van der Waals surface area contributed by atoms with Gasteiger partial charge >= 0.3 is 0 Å². The molecule has 1 atom stereocenters. The summed E-state index contributed by atoms with van der Waals surface area (Å²) in [6.07, 6.45) is 2.89. The number of rotatable bonds is 3. The molecule has 0 bridgehead atoms. The van der Waals surface area contributed by atoms with Crippen molar-refractivity contribution in [3.63, 3.8) is 0 Å². The number of ether oxygens (including phenoxy) is 1. The molecule has 0 aromatic carbocycles. The molecule has 4 heterocycles. The number of amides is 1. The van der Waals surface area contributed by atoms with Crippen molar-refractivity contribution in [2.24, 2.45) is 5.92 Å². The van der Waals surface area contributed by atoms with Crippen LogP contribution in [-0.4, -0.2) is 28.9 Å². The minimum Gasteiger partial charge on any atom is -0.383 e. The van der Waals surface area contributed by atoms with Gasteiger partial charge in [-0.1, -0.05) is 13.8 Å². The van der Waals surface area contributed by atoms with Gasteiger partial charge in [0.2, 0.25) is 5.91 Å². The van der Waals surface area contributed by atoms with Crippen LogP contribution in [0.5, 0.6) is 0 Å². The Morgan fingerprint density at radius 1 is 1.46 bits per heavy atom. The third-order valence-corrected chi connectivity index (χ3v) is 6.61. The zero-order valence-corrected chi connectivity index (χ0v) is 17.0. The first kappa shape index (κ1) is 18.9. The maximum Gasteiger partial charge on any atom is 0.225 e. The third-order valence-electron chi connectivity index (χ3n) is 5.42. The lowest BCUT2D eigenvalue weighted by atomic mass is 9.94. The first-order valence-electron chi connectivity index (χ1n) is 9.71. The summed E-state index contributed by atoms with van der Waals surface area (Å²) in [5.74, 6) is 0.333. The molecule has 4 rings (SSSR count). The molecule has 6 nitrogen and oxygen atoms in total. The van der Waals surface area contributed by atoms with Crippen LogP contribution in [0, 0.1) is 17.2 Å². The van der Waals surface area contributed by atoms with Gasteiger partial charge in [0.05, 0.1) is 11.8 Å². The van der Waals surface area contributed by atoms with Crippen LogP contribution < -0.4 is 5.73 Å². The predicted molar refractivity (Wildman–Crippen MR) is 109 cm³/mol. The van der Waals surface area contributed by atoms with E-state index < -0.39 is 0 Å². The number of nitrogen functional groups attached to an aromatic ring is 1. The van der Waals surface area contributed by atoms with Gasteiger partial charge in [-0.25, -0.2) is 4.98 Å². The normalized spacial score (nSPS) is 18.9. The van der Waals surface area contributed by atoms with Crippen LogP contribution in [0.1, 0.15) is 54.5 Å². The molecule has 0 spiro atoms. The second-order valence-corrected chi connectivity index (χ2v) is 8.77. The summed E-state index contributed by atoms with van der Waals surface area (Å²) in [7, 11) is 0. The van der Waals surface area contributed by atoms with Crippen molar-refractivity contribution in [3.8, 4) is 16.5 Å². The molecule has 7 heteroatoms. The minimum absolute atomic E-state index is 0.0602. The molecule has 2 aromatic rings. The number of nitrogens with zero attached hydrogens (tertiary/aromatic N) is 3. The summed E-state index contributed by atoms with van der Waals surface area (Å²) in [6, 6.07) is 6.37. The molecule has 146 valence electrons. The Bertz CT molecular complexity index is 954. The van der Waals surface area contributed by atoms with Crippen molar-refractivity contribution in [3.05, 3.63) is 33.8 Å². The van der Waals surface area contributed by atoms with Crippen LogP contribution in [0.4, 0.5) is 5.82 Å². The van der Waals surface area contributed by atoms with E-state index in [-0.39, 0.29) is 23.7 Å². The van der Waals surface area contributed by atoms with Gasteiger partial charge in [0, 0.05) is 52.9 Å². The molecule has 0 radical (unpaired) electrons. The van der Waals surface area contributed by atoms with Crippen molar-refractivity contribution in [1.29, 1.82) is 5.26 Å². The zero-order chi connectivity index (χ0) is 19.8. The molecule has 0 saturated carbocycles. The Hall–Kier alpha value is -2.43. The number of hydrogen-bond donors (Lipinski definition) is 1. The highest BCUT2D eigenvalue weighted by molar-refractivity contribution is 7.15. The largest absolute Gasteiger partial charge is 0.383 e. The first-order chi connectivity index (χ1) is 13.5. The van der Waals surface area contributed by atoms with Crippen LogP contribution in [0.2, 0.25) is 0 Å². The van der Waals surface area contributed by atoms with Gasteiger partial charge in [-0.05, 0) is 25.0 Å². The summed E-state index contributed by atoms with van der Waals surface area (Å²) < 4.78 is 5.81. The van der Waals surface area contributed by atoms with E-state index in [0.717, 1.165) is 41.1 Å². The van der Waals surface area contributed by atoms with Gasteiger partial charge in [-0.15, -0.1) is 11.3 Å². The van der Waals surface area contributed by atoms with Gasteiger partial charge < -0.3 is 15.4 Å². The Morgan fingerprint density at radius 2 is 2.29 bits per heavy atom. The zero-order valence-electron chi connectivity index (χ0n) is 16.2. The second-order valence-electron chi connectivity index (χ2n) is 7.65. The Kier molecular flexibility index (Phi) is 5.09. The highest BCUT2D eigenvalue weighted by atomic mass is 32.1. The van der Waals surface area contributed by atoms with Crippen LogP contribution in [0.25, 0.3) is 10.4 Å². The number of aromatic nitrogens is 1. The molecular weight excluding hydrogens is 372 g/mol. The summed E-state index contributed by atoms with van der Waals surface area (Å²) in [4.78, 5) is 21.1. The first-order valence-corrected chi connectivity index (χ1v) is 10.5. The lowest BCUT2D eigenvalue weighted by molar-refractivity contribution is -0.135. The molecule has 28 heavy (non-hydrogen) atoms. The van der Waals surface area contributed by atoms with E-state index in [4.69, 9.17) is 10.5 Å². The van der Waals surface area contributed by atoms with E-state index in [2.05, 4.69) is 17.1 Å². The van der Waals surface area contributed by atoms with Crippen LogP contribution in [0.15, 0.2) is 12.1 Å². The Morgan fingerprint density at radius 3 is 2.96 bits per heavy atom. The average Bonchev–Trinajstić information content (AvgIpc) is 3.37. The van der Waals surface area contributed by atoms with Gasteiger partial charge in [0.1, 0.15) is 17.5 Å². The van der Waals surface area contributed by atoms with Crippen LogP contribution in [0.3, 0.4) is 0 Å². The number of pyridine rings is 1. The maximum absolute atomic E-state index is 12.6. The lowest BCUT2D eigenvalue weighted by Gasteiger charge is -2.31. The monoisotopic (exact) mass is 396 g/mol. The number of thiophene rings is 1. The summed E-state index contributed by atoms with van der Waals surface area (Å²) in [6.45, 7) is 5.72. The fourth-order valence-electron chi connectivity index (χ4n) is 3.98. The van der Waals surface area contributed by atoms with Gasteiger partial charge in [0.25, 0.3) is 0 Å². The lowest BCUT2D eigenvalue weighted by Crippen LogP contribution is -2.39. The van der Waals surface area contributed by atoms with Gasteiger partial charge in [-0.2, -0.15) is 5.26 Å². The maximum atomic E-state index is 12.6. The number of hydrogen-bond acceptors (Lipinski definition) is 6. The number of carbonyl (C=O) groups is 1. The Labute approximate surface area is 168 Å². The molecular formula is C21H24N4O2S. The van der Waals surface area contributed by atoms with Gasteiger partial charge in [-0.3, -0.25) is 4.79 Å². The highest BCUT2D eigenvalue weighted by Gasteiger charge is 2.29. The van der Waals surface area contributed by atoms with Gasteiger partial charge in [0.15, 0.2) is 0 Å². The summed E-state index contributed by atoms with van der Waals surface area (Å²) in [5.41, 5.74) is 9.21. The van der Waals surface area contributed by atoms with Crippen molar-refractivity contribution in [2.75, 3.05) is 18.9 Å². The molecule has 1 amide bonds. The molecule has 1 unspecified atom stereocenters.